The summed E-state index contributed by atoms with van der Waals surface area (Å²) in [4.78, 5) is 47.8. The lowest BCUT2D eigenvalue weighted by Crippen LogP contribution is -2.55. The first-order valence-electron chi connectivity index (χ1n) is 14.1. The zero-order valence-electron chi connectivity index (χ0n) is 23.8. The molecule has 5 rings (SSSR count). The van der Waals surface area contributed by atoms with Crippen LogP contribution in [-0.4, -0.2) is 107 Å². The highest BCUT2D eigenvalue weighted by molar-refractivity contribution is 5.88. The monoisotopic (exact) mass is 571 g/mol. The quantitative estimate of drug-likeness (QED) is 0.510. The highest BCUT2D eigenvalue weighted by atomic mass is 19.1. The summed E-state index contributed by atoms with van der Waals surface area (Å²) in [5, 5.41) is 5.34. The number of urea groups is 1. The van der Waals surface area contributed by atoms with Crippen LogP contribution in [0.3, 0.4) is 0 Å². The summed E-state index contributed by atoms with van der Waals surface area (Å²) < 4.78 is 25.9. The van der Waals surface area contributed by atoms with Crippen LogP contribution in [0.2, 0.25) is 0 Å². The second-order valence-corrected chi connectivity index (χ2v) is 11.1. The van der Waals surface area contributed by atoms with Crippen molar-refractivity contribution in [2.75, 3.05) is 62.4 Å². The van der Waals surface area contributed by atoms with Crippen molar-refractivity contribution in [2.24, 2.45) is 5.41 Å². The Morgan fingerprint density at radius 1 is 1.12 bits per heavy atom. The molecule has 2 aromatic rings. The predicted octanol–water partition coefficient (Wildman–Crippen LogP) is 3.17. The Morgan fingerprint density at radius 3 is 2.61 bits per heavy atom. The SMILES string of the molecule is CCOc1cnc(NC(=O)N(C)[C@H]2CN(c3nccc(NC(=O)OC4CC5(CCN(C)CC5)C4)n3)CC[C@H]2F)cn1. The van der Waals surface area contributed by atoms with E-state index < -0.39 is 24.3 Å². The van der Waals surface area contributed by atoms with E-state index in [1.807, 2.05) is 6.92 Å². The number of aromatic nitrogens is 4. The van der Waals surface area contributed by atoms with Crippen molar-refractivity contribution in [1.82, 2.24) is 29.7 Å². The minimum absolute atomic E-state index is 0.0840. The van der Waals surface area contributed by atoms with Crippen molar-refractivity contribution >= 4 is 29.7 Å². The zero-order valence-corrected chi connectivity index (χ0v) is 23.8. The van der Waals surface area contributed by atoms with Crippen LogP contribution in [0.4, 0.5) is 31.6 Å². The number of hydrogen-bond donors (Lipinski definition) is 2. The van der Waals surface area contributed by atoms with Gasteiger partial charge in [0.05, 0.1) is 25.0 Å². The number of likely N-dealkylation sites (tertiary alicyclic amines) is 1. The van der Waals surface area contributed by atoms with Crippen molar-refractivity contribution in [3.63, 3.8) is 0 Å². The van der Waals surface area contributed by atoms with Gasteiger partial charge < -0.3 is 24.2 Å². The largest absolute Gasteiger partial charge is 0.477 e. The van der Waals surface area contributed by atoms with E-state index in [0.29, 0.717) is 36.2 Å². The van der Waals surface area contributed by atoms with Gasteiger partial charge in [0.25, 0.3) is 0 Å². The summed E-state index contributed by atoms with van der Waals surface area (Å²) in [5.74, 6) is 1.21. The van der Waals surface area contributed by atoms with Crippen molar-refractivity contribution in [3.8, 4) is 5.88 Å². The Morgan fingerprint density at radius 2 is 1.90 bits per heavy atom. The molecular formula is C27H38FN9O4. The fourth-order valence-corrected chi connectivity index (χ4v) is 5.75. The van der Waals surface area contributed by atoms with Crippen LogP contribution in [-0.2, 0) is 4.74 Å². The molecule has 4 heterocycles. The molecule has 2 atom stereocenters. The second kappa shape index (κ2) is 12.4. The maximum Gasteiger partial charge on any atom is 0.413 e. The fourth-order valence-electron chi connectivity index (χ4n) is 5.75. The first-order valence-corrected chi connectivity index (χ1v) is 14.1. The third kappa shape index (κ3) is 6.92. The summed E-state index contributed by atoms with van der Waals surface area (Å²) >= 11 is 0. The van der Waals surface area contributed by atoms with Gasteiger partial charge in [-0.3, -0.25) is 10.6 Å². The number of nitrogens with one attached hydrogen (secondary N) is 2. The molecule has 41 heavy (non-hydrogen) atoms. The van der Waals surface area contributed by atoms with E-state index >= 15 is 0 Å². The number of alkyl halides is 1. The number of halogens is 1. The van der Waals surface area contributed by atoms with Gasteiger partial charge in [0.1, 0.15) is 18.1 Å². The van der Waals surface area contributed by atoms with Gasteiger partial charge in [0, 0.05) is 26.3 Å². The van der Waals surface area contributed by atoms with E-state index in [1.54, 1.807) is 11.0 Å². The highest BCUT2D eigenvalue weighted by Crippen LogP contribution is 2.50. The molecule has 2 aliphatic heterocycles. The van der Waals surface area contributed by atoms with E-state index in [-0.39, 0.29) is 24.9 Å². The average molecular weight is 572 g/mol. The number of carbonyl (C=O) groups excluding carboxylic acids is 2. The van der Waals surface area contributed by atoms with E-state index in [1.165, 1.54) is 30.5 Å². The maximum absolute atomic E-state index is 15.0. The summed E-state index contributed by atoms with van der Waals surface area (Å²) in [6.45, 7) is 4.99. The van der Waals surface area contributed by atoms with Gasteiger partial charge in [-0.25, -0.2) is 28.9 Å². The molecule has 2 aromatic heterocycles. The Balaban J connectivity index is 1.13. The number of likely N-dealkylation sites (N-methyl/N-ethyl adjacent to an activating group) is 1. The minimum Gasteiger partial charge on any atom is -0.477 e. The molecule has 0 aromatic carbocycles. The lowest BCUT2D eigenvalue weighted by Gasteiger charge is -2.50. The maximum atomic E-state index is 15.0. The van der Waals surface area contributed by atoms with Crippen LogP contribution in [0, 0.1) is 5.41 Å². The van der Waals surface area contributed by atoms with Gasteiger partial charge in [-0.15, -0.1) is 0 Å². The van der Waals surface area contributed by atoms with Gasteiger partial charge in [0.15, 0.2) is 5.82 Å². The third-order valence-electron chi connectivity index (χ3n) is 8.27. The minimum atomic E-state index is -1.24. The number of amides is 3. The topological polar surface area (TPSA) is 138 Å². The molecule has 13 nitrogen and oxygen atoms in total. The van der Waals surface area contributed by atoms with Gasteiger partial charge in [-0.2, -0.15) is 4.98 Å². The van der Waals surface area contributed by atoms with E-state index in [0.717, 1.165) is 38.8 Å². The van der Waals surface area contributed by atoms with Gasteiger partial charge in [0.2, 0.25) is 11.8 Å². The standard InChI is InChI=1S/C27H38FN9O4/c1-4-40-23-16-30-22(15-31-23)33-25(38)36(3)20-17-37(10-6-19(20)28)24-29-9-5-21(32-24)34-26(39)41-18-13-27(14-18)7-11-35(2)12-8-27/h5,9,15-16,18-20H,4,6-8,10-14,17H2,1-3H3,(H,30,33,38)(H,29,32,34,39)/t19-,20+/m1/s1. The fraction of sp³-hybridized carbons (Fsp3) is 0.630. The van der Waals surface area contributed by atoms with Gasteiger partial charge in [-0.05, 0) is 70.6 Å². The van der Waals surface area contributed by atoms with Crippen molar-refractivity contribution in [2.45, 2.75) is 57.3 Å². The number of hydrogen-bond acceptors (Lipinski definition) is 10. The molecule has 14 heteroatoms. The molecule has 222 valence electrons. The molecule has 2 N–H and O–H groups in total. The lowest BCUT2D eigenvalue weighted by atomic mass is 9.61. The van der Waals surface area contributed by atoms with E-state index in [9.17, 15) is 14.0 Å². The van der Waals surface area contributed by atoms with Gasteiger partial charge in [-0.1, -0.05) is 0 Å². The molecule has 0 bridgehead atoms. The number of anilines is 3. The molecule has 1 saturated carbocycles. The van der Waals surface area contributed by atoms with Crippen molar-refractivity contribution < 1.29 is 23.5 Å². The van der Waals surface area contributed by atoms with E-state index in [2.05, 4.69) is 42.5 Å². The van der Waals surface area contributed by atoms with Crippen LogP contribution in [0.25, 0.3) is 0 Å². The average Bonchev–Trinajstić information content (AvgIpc) is 2.94. The van der Waals surface area contributed by atoms with Crippen LogP contribution in [0.1, 0.15) is 39.0 Å². The summed E-state index contributed by atoms with van der Waals surface area (Å²) in [6, 6.07) is 0.311. The normalized spacial score (nSPS) is 22.5. The van der Waals surface area contributed by atoms with Crippen molar-refractivity contribution in [1.29, 1.82) is 0 Å². The molecule has 0 unspecified atom stereocenters. The summed E-state index contributed by atoms with van der Waals surface area (Å²) in [6.07, 6.45) is 6.73. The number of rotatable bonds is 7. The molecule has 3 fully saturated rings. The second-order valence-electron chi connectivity index (χ2n) is 11.1. The molecule has 3 amide bonds. The van der Waals surface area contributed by atoms with Crippen LogP contribution < -0.4 is 20.3 Å². The predicted molar refractivity (Wildman–Crippen MR) is 150 cm³/mol. The first kappa shape index (κ1) is 28.7. The highest BCUT2D eigenvalue weighted by Gasteiger charge is 2.47. The Hall–Kier alpha value is -3.81. The zero-order chi connectivity index (χ0) is 29.0. The van der Waals surface area contributed by atoms with Crippen LogP contribution in [0.15, 0.2) is 24.7 Å². The Labute approximate surface area is 238 Å². The van der Waals surface area contributed by atoms with E-state index in [4.69, 9.17) is 9.47 Å². The Bertz CT molecular complexity index is 1200. The number of nitrogens with zero attached hydrogens (tertiary/aromatic N) is 7. The third-order valence-corrected chi connectivity index (χ3v) is 8.27. The van der Waals surface area contributed by atoms with Crippen molar-refractivity contribution in [3.05, 3.63) is 24.7 Å². The molecule has 1 aliphatic carbocycles. The molecule has 3 aliphatic rings. The van der Waals surface area contributed by atoms with Gasteiger partial charge >= 0.3 is 12.1 Å². The smallest absolute Gasteiger partial charge is 0.413 e. The Kier molecular flexibility index (Phi) is 8.66. The lowest BCUT2D eigenvalue weighted by molar-refractivity contribution is -0.0676. The summed E-state index contributed by atoms with van der Waals surface area (Å²) in [5.41, 5.74) is 0.310. The van der Waals surface area contributed by atoms with Crippen LogP contribution in [0.5, 0.6) is 5.88 Å². The first-order chi connectivity index (χ1) is 19.7. The number of carbonyl (C=O) groups is 2. The molecular weight excluding hydrogens is 533 g/mol. The molecule has 1 spiro atoms. The molecule has 0 radical (unpaired) electrons. The number of ether oxygens (including phenoxy) is 2. The van der Waals surface area contributed by atoms with Crippen LogP contribution >= 0.6 is 0 Å². The summed E-state index contributed by atoms with van der Waals surface area (Å²) in [7, 11) is 3.67. The molecule has 2 saturated heterocycles. The number of piperidine rings is 2.